The Balaban J connectivity index is 1.42. The number of nitrogens with one attached hydrogen (secondary N) is 2. The number of fused-ring (bicyclic) bond motifs is 1. The lowest BCUT2D eigenvalue weighted by molar-refractivity contribution is 0.0977. The molecule has 4 aromatic rings. The quantitative estimate of drug-likeness (QED) is 0.454. The van der Waals surface area contributed by atoms with Gasteiger partial charge in [-0.1, -0.05) is 23.5 Å². The van der Waals surface area contributed by atoms with Crippen LogP contribution in [0.25, 0.3) is 15.5 Å². The number of hydrogen-bond donors (Lipinski definition) is 2. The second kappa shape index (κ2) is 7.51. The van der Waals surface area contributed by atoms with E-state index in [1.165, 1.54) is 11.3 Å². The van der Waals surface area contributed by atoms with Crippen LogP contribution in [0.3, 0.4) is 0 Å². The molecule has 0 saturated carbocycles. The minimum Gasteiger partial charge on any atom is -0.332 e. The molecule has 4 rings (SSSR count). The van der Waals surface area contributed by atoms with Gasteiger partial charge in [0.15, 0.2) is 5.11 Å². The number of carbonyl (C=O) groups excluding carboxylic acids is 1. The van der Waals surface area contributed by atoms with Crippen LogP contribution in [0.5, 0.6) is 0 Å². The van der Waals surface area contributed by atoms with Crippen LogP contribution in [0.1, 0.15) is 10.4 Å². The molecule has 0 unspecified atom stereocenters. The number of nitrogens with zero attached hydrogens (tertiary/aromatic N) is 4. The predicted molar refractivity (Wildman–Crippen MR) is 112 cm³/mol. The van der Waals surface area contributed by atoms with Crippen molar-refractivity contribution in [2.45, 2.75) is 0 Å². The molecule has 0 saturated heterocycles. The van der Waals surface area contributed by atoms with Crippen molar-refractivity contribution in [2.24, 2.45) is 0 Å². The monoisotopic (exact) mass is 458 g/mol. The zero-order chi connectivity index (χ0) is 18.8. The fourth-order valence-electron chi connectivity index (χ4n) is 2.35. The van der Waals surface area contributed by atoms with Crippen molar-refractivity contribution >= 4 is 61.2 Å². The fraction of sp³-hybridized carbons (Fsp3) is 0. The van der Waals surface area contributed by atoms with Crippen LogP contribution in [0, 0.1) is 0 Å². The molecule has 7 nitrogen and oxygen atoms in total. The molecular formula is C17H11BrN6OS2. The normalized spacial score (nSPS) is 10.7. The molecule has 0 aliphatic heterocycles. The number of hydrogen-bond acceptors (Lipinski definition) is 6. The number of rotatable bonds is 3. The molecular weight excluding hydrogens is 448 g/mol. The summed E-state index contributed by atoms with van der Waals surface area (Å²) in [5, 5.41) is 18.9. The Hall–Kier alpha value is -2.69. The minimum atomic E-state index is -0.281. The van der Waals surface area contributed by atoms with E-state index in [1.54, 1.807) is 29.0 Å². The third kappa shape index (κ3) is 3.87. The van der Waals surface area contributed by atoms with Gasteiger partial charge in [-0.2, -0.15) is 9.61 Å². The summed E-state index contributed by atoms with van der Waals surface area (Å²) in [6.45, 7) is 0. The predicted octanol–water partition coefficient (Wildman–Crippen LogP) is 3.74. The number of amides is 1. The van der Waals surface area contributed by atoms with Crippen molar-refractivity contribution in [3.8, 4) is 10.6 Å². The number of carbonyl (C=O) groups is 1. The van der Waals surface area contributed by atoms with Gasteiger partial charge >= 0.3 is 0 Å². The van der Waals surface area contributed by atoms with E-state index in [0.717, 1.165) is 21.2 Å². The largest absolute Gasteiger partial charge is 0.332 e. The van der Waals surface area contributed by atoms with Crippen LogP contribution in [-0.4, -0.2) is 30.8 Å². The van der Waals surface area contributed by atoms with E-state index in [1.807, 2.05) is 30.3 Å². The molecule has 0 aliphatic rings. The van der Waals surface area contributed by atoms with E-state index in [2.05, 4.69) is 41.9 Å². The highest BCUT2D eigenvalue weighted by Crippen LogP contribution is 2.25. The average Bonchev–Trinajstić information content (AvgIpc) is 3.24. The van der Waals surface area contributed by atoms with Gasteiger partial charge in [0.05, 0.1) is 5.56 Å². The van der Waals surface area contributed by atoms with Crippen molar-refractivity contribution in [3.05, 3.63) is 64.9 Å². The molecule has 10 heteroatoms. The molecule has 2 aromatic heterocycles. The number of halogens is 1. The fourth-order valence-corrected chi connectivity index (χ4v) is 3.85. The second-order valence-electron chi connectivity index (χ2n) is 5.43. The summed E-state index contributed by atoms with van der Waals surface area (Å²) in [6.07, 6.45) is 1.57. The molecule has 0 fully saturated rings. The third-order valence-electron chi connectivity index (χ3n) is 3.62. The Morgan fingerprint density at radius 1 is 1.15 bits per heavy atom. The SMILES string of the molecule is O=C(NC(=S)Nc1ccc(-c2nn3cnnc3s2)cc1)c1ccccc1Br. The summed E-state index contributed by atoms with van der Waals surface area (Å²) in [5.74, 6) is -0.281. The summed E-state index contributed by atoms with van der Waals surface area (Å²) < 4.78 is 2.35. The first-order valence-electron chi connectivity index (χ1n) is 7.74. The maximum absolute atomic E-state index is 12.3. The molecule has 27 heavy (non-hydrogen) atoms. The van der Waals surface area contributed by atoms with Gasteiger partial charge in [0, 0.05) is 15.7 Å². The zero-order valence-electron chi connectivity index (χ0n) is 13.6. The maximum atomic E-state index is 12.3. The van der Waals surface area contributed by atoms with E-state index in [0.29, 0.717) is 10.0 Å². The number of anilines is 1. The van der Waals surface area contributed by atoms with Gasteiger partial charge in [-0.15, -0.1) is 10.2 Å². The van der Waals surface area contributed by atoms with Gasteiger partial charge in [0.2, 0.25) is 4.96 Å². The zero-order valence-corrected chi connectivity index (χ0v) is 16.8. The van der Waals surface area contributed by atoms with Crippen LogP contribution in [0.4, 0.5) is 5.69 Å². The van der Waals surface area contributed by atoms with Gasteiger partial charge in [-0.05, 0) is 64.5 Å². The van der Waals surface area contributed by atoms with E-state index in [-0.39, 0.29) is 11.0 Å². The lowest BCUT2D eigenvalue weighted by atomic mass is 10.2. The Bertz CT molecular complexity index is 1110. The standard InChI is InChI=1S/C17H11BrN6OS2/c18-13-4-2-1-3-12(13)14(25)21-16(26)20-11-7-5-10(6-8-11)15-23-24-9-19-22-17(24)27-15/h1-9H,(H2,20,21,25,26). The summed E-state index contributed by atoms with van der Waals surface area (Å²) >= 11 is 10.0. The van der Waals surface area contributed by atoms with Gasteiger partial charge in [0.25, 0.3) is 5.91 Å². The Morgan fingerprint density at radius 3 is 2.67 bits per heavy atom. The van der Waals surface area contributed by atoms with E-state index < -0.39 is 0 Å². The van der Waals surface area contributed by atoms with Gasteiger partial charge < -0.3 is 5.32 Å². The second-order valence-corrected chi connectivity index (χ2v) is 7.65. The first-order valence-corrected chi connectivity index (χ1v) is 9.76. The van der Waals surface area contributed by atoms with E-state index >= 15 is 0 Å². The van der Waals surface area contributed by atoms with E-state index in [9.17, 15) is 4.79 Å². The van der Waals surface area contributed by atoms with Gasteiger partial charge in [0.1, 0.15) is 11.3 Å². The van der Waals surface area contributed by atoms with Crippen molar-refractivity contribution in [1.82, 2.24) is 25.1 Å². The number of benzene rings is 2. The molecule has 0 aliphatic carbocycles. The first kappa shape index (κ1) is 17.7. The molecule has 1 amide bonds. The van der Waals surface area contributed by atoms with Crippen molar-refractivity contribution < 1.29 is 4.79 Å². The summed E-state index contributed by atoms with van der Waals surface area (Å²) in [4.78, 5) is 13.0. The number of aromatic nitrogens is 4. The maximum Gasteiger partial charge on any atom is 0.258 e. The molecule has 134 valence electrons. The van der Waals surface area contributed by atoms with Gasteiger partial charge in [-0.25, -0.2) is 0 Å². The molecule has 0 radical (unpaired) electrons. The number of thiocarbonyl (C=S) groups is 1. The highest BCUT2D eigenvalue weighted by Gasteiger charge is 2.11. The van der Waals surface area contributed by atoms with E-state index in [4.69, 9.17) is 12.2 Å². The summed E-state index contributed by atoms with van der Waals surface area (Å²) in [6, 6.07) is 14.7. The Kier molecular flexibility index (Phi) is 4.92. The highest BCUT2D eigenvalue weighted by atomic mass is 79.9. The van der Waals surface area contributed by atoms with Crippen LogP contribution in [0.2, 0.25) is 0 Å². The highest BCUT2D eigenvalue weighted by molar-refractivity contribution is 9.10. The van der Waals surface area contributed by atoms with Crippen molar-refractivity contribution in [3.63, 3.8) is 0 Å². The smallest absolute Gasteiger partial charge is 0.258 e. The van der Waals surface area contributed by atoms with Crippen LogP contribution in [0.15, 0.2) is 59.3 Å². The van der Waals surface area contributed by atoms with Crippen LogP contribution < -0.4 is 10.6 Å². The lowest BCUT2D eigenvalue weighted by Crippen LogP contribution is -2.34. The minimum absolute atomic E-state index is 0.224. The topological polar surface area (TPSA) is 84.2 Å². The molecule has 2 N–H and O–H groups in total. The summed E-state index contributed by atoms with van der Waals surface area (Å²) in [5.41, 5.74) is 2.23. The molecule has 2 aromatic carbocycles. The van der Waals surface area contributed by atoms with Crippen molar-refractivity contribution in [2.75, 3.05) is 5.32 Å². The average molecular weight is 459 g/mol. The third-order valence-corrected chi connectivity index (χ3v) is 5.48. The molecule has 0 atom stereocenters. The molecule has 0 bridgehead atoms. The first-order chi connectivity index (χ1) is 13.1. The molecule has 2 heterocycles. The Labute approximate surface area is 171 Å². The van der Waals surface area contributed by atoms with Crippen molar-refractivity contribution in [1.29, 1.82) is 0 Å². The van der Waals surface area contributed by atoms with Gasteiger partial charge in [-0.3, -0.25) is 10.1 Å². The summed E-state index contributed by atoms with van der Waals surface area (Å²) in [7, 11) is 0. The Morgan fingerprint density at radius 2 is 1.93 bits per heavy atom. The molecule has 0 spiro atoms. The van der Waals surface area contributed by atoms with Crippen LogP contribution >= 0.6 is 39.5 Å². The van der Waals surface area contributed by atoms with Crippen LogP contribution in [-0.2, 0) is 0 Å². The lowest BCUT2D eigenvalue weighted by Gasteiger charge is -2.10.